The van der Waals surface area contributed by atoms with Gasteiger partial charge in [0.15, 0.2) is 0 Å². The molecule has 0 spiro atoms. The Hall–Kier alpha value is -7.22. The molecule has 0 radical (unpaired) electrons. The molecular weight excluding hydrogens is 1510 g/mol. The third-order valence-corrected chi connectivity index (χ3v) is 23.9. The summed E-state index contributed by atoms with van der Waals surface area (Å²) in [5.74, 6) is -6.96. The number of hydrogen-bond donors (Lipinski definition) is 4. The van der Waals surface area contributed by atoms with Crippen LogP contribution in [0.1, 0.15) is 173 Å². The highest BCUT2D eigenvalue weighted by Gasteiger charge is 2.47. The van der Waals surface area contributed by atoms with Crippen LogP contribution in [0.2, 0.25) is 0 Å². The van der Waals surface area contributed by atoms with Gasteiger partial charge in [-0.15, -0.1) is 0 Å². The molecule has 0 unspecified atom stereocenters. The summed E-state index contributed by atoms with van der Waals surface area (Å²) in [5.41, 5.74) is 1.18. The molecule has 29 nitrogen and oxygen atoms in total. The Morgan fingerprint density at radius 3 is 1.28 bits per heavy atom. The third-order valence-electron chi connectivity index (χ3n) is 23.9. The van der Waals surface area contributed by atoms with Gasteiger partial charge in [0.2, 0.25) is 47.3 Å². The van der Waals surface area contributed by atoms with Crippen molar-refractivity contribution in [2.75, 3.05) is 124 Å². The molecule has 2 saturated heterocycles. The van der Waals surface area contributed by atoms with Crippen LogP contribution in [0.15, 0.2) is 54.6 Å². The van der Waals surface area contributed by atoms with Gasteiger partial charge in [0.25, 0.3) is 0 Å². The molecule has 118 heavy (non-hydrogen) atoms. The summed E-state index contributed by atoms with van der Waals surface area (Å²) in [6.45, 7) is 32.8. The predicted octanol–water partition coefficient (Wildman–Crippen LogP) is 7.64. The Morgan fingerprint density at radius 1 is 0.466 bits per heavy atom. The van der Waals surface area contributed by atoms with Crippen LogP contribution in [-0.2, 0) is 98.7 Å². The van der Waals surface area contributed by atoms with Gasteiger partial charge in [-0.1, -0.05) is 152 Å². The molecule has 2 aromatic rings. The fourth-order valence-corrected chi connectivity index (χ4v) is 16.7. The third kappa shape index (κ3) is 29.8. The lowest BCUT2D eigenvalue weighted by atomic mass is 9.89. The van der Waals surface area contributed by atoms with Gasteiger partial charge in [0.1, 0.15) is 36.5 Å². The van der Waals surface area contributed by atoms with E-state index in [1.165, 1.54) is 28.4 Å². The Labute approximate surface area is 705 Å². The zero-order valence-electron chi connectivity index (χ0n) is 76.1. The lowest BCUT2D eigenvalue weighted by Gasteiger charge is -2.41. The van der Waals surface area contributed by atoms with Crippen molar-refractivity contribution >= 4 is 59.2 Å². The maximum Gasteiger partial charge on any atom is 0.334 e. The van der Waals surface area contributed by atoms with Gasteiger partial charge in [0, 0.05) is 81.6 Å². The van der Waals surface area contributed by atoms with Gasteiger partial charge in [-0.25, -0.2) is 9.59 Å². The Kier molecular flexibility index (Phi) is 45.0. The molecule has 2 aliphatic heterocycles. The molecule has 29 heteroatoms. The van der Waals surface area contributed by atoms with Gasteiger partial charge in [-0.05, 0) is 119 Å². The van der Waals surface area contributed by atoms with Crippen LogP contribution in [0.3, 0.4) is 0 Å². The number of likely N-dealkylation sites (N-methyl/N-ethyl adjacent to an activating group) is 4. The molecule has 0 aromatic heterocycles. The van der Waals surface area contributed by atoms with Crippen molar-refractivity contribution in [3.05, 3.63) is 65.7 Å². The number of nitrogens with one attached hydrogen (secondary N) is 4. The van der Waals surface area contributed by atoms with Crippen molar-refractivity contribution < 1.29 is 90.6 Å². The number of carbonyl (C=O) groups is 10. The monoisotopic (exact) mass is 1660 g/mol. The number of nitrogens with zero attached hydrogens (tertiary/aromatic N) is 6. The highest BCUT2D eigenvalue weighted by Crippen LogP contribution is 2.33. The zero-order chi connectivity index (χ0) is 88.5. The second kappa shape index (κ2) is 51.5. The quantitative estimate of drug-likeness (QED) is 0.0281. The minimum atomic E-state index is -1.32. The van der Waals surface area contributed by atoms with Gasteiger partial charge in [-0.2, -0.15) is 0 Å². The molecule has 8 amide bonds. The smallest absolute Gasteiger partial charge is 0.334 e. The SMILES string of the molecule is CC[C@H](C)[C@@H]([C@@H](CC(=O)N1CCC[C@H]1[C@H](OC)[C@@H](C)C(=O)N[C@@H](Cc1cccc(OC(=O)[C@H](Cc2ccccc2)NC(=O)[C@H](C)[C@@H](OC)[C@@H]2CCCN2C(=O)C[C@@H](OC)[C@H]([C@@H](C)CC)N(C)C(=O)[C@@H](NC(=O)[C@H](C(C)C)N(C)C(C)C)C(C)C)c1)C(=O)OCCOCCOCCOC)OC)N(C)C(=O)[C@@H](NC(=O)[C@H](C(C)C)N(C)C)C(C)C. The minimum Gasteiger partial charge on any atom is -0.462 e. The summed E-state index contributed by atoms with van der Waals surface area (Å²) in [7, 11) is 16.6. The van der Waals surface area contributed by atoms with E-state index in [0.29, 0.717) is 70.4 Å². The minimum absolute atomic E-state index is 0.0174. The van der Waals surface area contributed by atoms with Crippen molar-refractivity contribution in [3.8, 4) is 5.75 Å². The van der Waals surface area contributed by atoms with E-state index in [4.69, 9.17) is 42.6 Å². The zero-order valence-corrected chi connectivity index (χ0v) is 76.1. The van der Waals surface area contributed by atoms with E-state index >= 15 is 0 Å². The van der Waals surface area contributed by atoms with Crippen molar-refractivity contribution in [1.82, 2.24) is 50.7 Å². The second-order valence-electron chi connectivity index (χ2n) is 34.2. The highest BCUT2D eigenvalue weighted by molar-refractivity contribution is 5.92. The summed E-state index contributed by atoms with van der Waals surface area (Å²) in [6.07, 6.45) is -0.0152. The first-order chi connectivity index (χ1) is 55.8. The largest absolute Gasteiger partial charge is 0.462 e. The molecule has 0 aliphatic carbocycles. The first-order valence-corrected chi connectivity index (χ1v) is 42.8. The van der Waals surface area contributed by atoms with Crippen LogP contribution in [0.5, 0.6) is 5.75 Å². The summed E-state index contributed by atoms with van der Waals surface area (Å²) in [4.78, 5) is 156. The van der Waals surface area contributed by atoms with E-state index in [1.807, 2.05) is 158 Å². The standard InChI is InChI=1S/C89H150N10O19/c1-27-59(13)78(96(20)86(106)74(54(3)4)92-84(104)76(56(7)8)94(17)18)70(111-23)52-72(100)98-41-33-39-68(98)80(113-25)61(15)82(102)90-66(88(108)117-48-47-116-46-45-115-44-43-110-22)51-64-37-32-38-65(49-64)118-89(109)67(50-63-35-30-29-31-36-63)91-83(103)62(16)81(114-26)69-40-34-42-99(69)73(101)53-71(112-24)79(60(14)28-2)97(21)87(107)75(55(5)6)93-85(105)77(57(9)10)95(19)58(11)12/h29-32,35-38,49,54-62,66-71,74-81H,27-28,33-34,39-48,50-53H2,1-26H3,(H,90,102)(H,91,103)(H,92,104)(H,93,105)/t59-,60-,61+,62+,66-,67-,68-,69-,70+,71+,74-,75-,76-,77-,78-,79-,80+,81+/m0/s1. The Bertz CT molecular complexity index is 3410. The number of likely N-dealkylation sites (tertiary alicyclic amines) is 2. The molecule has 4 rings (SSSR count). The van der Waals surface area contributed by atoms with Gasteiger partial charge in [0.05, 0.1) is 118 Å². The van der Waals surface area contributed by atoms with E-state index in [2.05, 4.69) is 21.3 Å². The maximum absolute atomic E-state index is 14.9. The molecular formula is C89H150N10O19. The number of rotatable bonds is 53. The van der Waals surface area contributed by atoms with Crippen LogP contribution in [-0.4, -0.2) is 303 Å². The van der Waals surface area contributed by atoms with Gasteiger partial charge in [-0.3, -0.25) is 48.2 Å². The van der Waals surface area contributed by atoms with Crippen LogP contribution >= 0.6 is 0 Å². The molecule has 18 atom stereocenters. The fourth-order valence-electron chi connectivity index (χ4n) is 16.7. The molecule has 2 fully saturated rings. The lowest BCUT2D eigenvalue weighted by molar-refractivity contribution is -0.151. The van der Waals surface area contributed by atoms with Gasteiger partial charge >= 0.3 is 11.9 Å². The van der Waals surface area contributed by atoms with E-state index < -0.39 is 120 Å². The van der Waals surface area contributed by atoms with Crippen molar-refractivity contribution in [1.29, 1.82) is 0 Å². The molecule has 2 aliphatic rings. The summed E-state index contributed by atoms with van der Waals surface area (Å²) < 4.78 is 52.8. The van der Waals surface area contributed by atoms with E-state index in [-0.39, 0.29) is 135 Å². The van der Waals surface area contributed by atoms with Crippen LogP contribution in [0, 0.1) is 47.3 Å². The highest BCUT2D eigenvalue weighted by atomic mass is 16.6. The van der Waals surface area contributed by atoms with Crippen molar-refractivity contribution in [3.63, 3.8) is 0 Å². The molecule has 670 valence electrons. The normalized spacial score (nSPS) is 18.7. The first-order valence-electron chi connectivity index (χ1n) is 42.8. The van der Waals surface area contributed by atoms with Gasteiger partial charge < -0.3 is 83.5 Å². The Balaban J connectivity index is 1.60. The van der Waals surface area contributed by atoms with E-state index in [0.717, 1.165) is 5.56 Å². The lowest BCUT2D eigenvalue weighted by Crippen LogP contribution is -2.60. The van der Waals surface area contributed by atoms with Crippen LogP contribution in [0.25, 0.3) is 0 Å². The average Bonchev–Trinajstić information content (AvgIpc) is 1.42. The van der Waals surface area contributed by atoms with E-state index in [1.54, 1.807) is 78.9 Å². The van der Waals surface area contributed by atoms with Crippen molar-refractivity contribution in [2.24, 2.45) is 47.3 Å². The predicted molar refractivity (Wildman–Crippen MR) is 454 cm³/mol. The molecule has 4 N–H and O–H groups in total. The number of esters is 2. The molecule has 0 bridgehead atoms. The van der Waals surface area contributed by atoms with E-state index in [9.17, 15) is 47.9 Å². The number of benzene rings is 2. The number of ether oxygens (including phenoxy) is 9. The average molecular weight is 1660 g/mol. The number of hydrogen-bond acceptors (Lipinski definition) is 21. The summed E-state index contributed by atoms with van der Waals surface area (Å²) >= 11 is 0. The second-order valence-corrected chi connectivity index (χ2v) is 34.2. The number of carbonyl (C=O) groups excluding carboxylic acids is 10. The van der Waals surface area contributed by atoms with Crippen LogP contribution < -0.4 is 26.0 Å². The summed E-state index contributed by atoms with van der Waals surface area (Å²) in [5, 5.41) is 12.0. The number of amides is 8. The fraction of sp³-hybridized carbons (Fsp3) is 0.753. The number of methoxy groups -OCH3 is 5. The Morgan fingerprint density at radius 2 is 0.881 bits per heavy atom. The van der Waals surface area contributed by atoms with Crippen LogP contribution in [0.4, 0.5) is 0 Å². The molecule has 2 aromatic carbocycles. The first kappa shape index (κ1) is 103. The summed E-state index contributed by atoms with van der Waals surface area (Å²) in [6, 6.07) is 8.14. The molecule has 2 heterocycles. The topological polar surface area (TPSA) is 321 Å². The maximum atomic E-state index is 14.9. The molecule has 0 saturated carbocycles. The van der Waals surface area contributed by atoms with Crippen molar-refractivity contribution in [2.45, 2.75) is 266 Å².